The van der Waals surface area contributed by atoms with Crippen LogP contribution in [-0.2, 0) is 11.3 Å². The van der Waals surface area contributed by atoms with Gasteiger partial charge in [-0.2, -0.15) is 5.06 Å². The fourth-order valence-electron chi connectivity index (χ4n) is 1.59. The number of hydrogen-bond acceptors (Lipinski definition) is 4. The number of hydroxylamine groups is 2. The predicted octanol–water partition coefficient (Wildman–Crippen LogP) is 2.12. The number of nitrogens with zero attached hydrogens (tertiary/aromatic N) is 2. The van der Waals surface area contributed by atoms with E-state index in [4.69, 9.17) is 10.6 Å². The first-order valence-corrected chi connectivity index (χ1v) is 5.90. The lowest BCUT2D eigenvalue weighted by atomic mass is 9.97. The molecule has 0 atom stereocenters. The van der Waals surface area contributed by atoms with Gasteiger partial charge in [-0.25, -0.2) is 0 Å². The summed E-state index contributed by atoms with van der Waals surface area (Å²) in [6, 6.07) is 3.84. The van der Waals surface area contributed by atoms with Crippen LogP contribution < -0.4 is 5.73 Å². The van der Waals surface area contributed by atoms with E-state index < -0.39 is 0 Å². The Morgan fingerprint density at radius 2 is 2.06 bits per heavy atom. The average Bonchev–Trinajstić information content (AvgIpc) is 2.25. The number of hydrogen-bond donors (Lipinski definition) is 1. The molecule has 0 unspecified atom stereocenters. The molecule has 0 aliphatic heterocycles. The molecule has 1 rings (SSSR count). The monoisotopic (exact) mass is 237 g/mol. The summed E-state index contributed by atoms with van der Waals surface area (Å²) in [6.07, 6.45) is 2.56. The molecule has 0 aliphatic rings. The Kier molecular flexibility index (Phi) is 4.90. The van der Waals surface area contributed by atoms with E-state index in [2.05, 4.69) is 25.8 Å². The Balaban J connectivity index is 2.45. The van der Waals surface area contributed by atoms with Crippen molar-refractivity contribution >= 4 is 5.69 Å². The Hall–Kier alpha value is -1.13. The van der Waals surface area contributed by atoms with Crippen molar-refractivity contribution in [3.63, 3.8) is 0 Å². The molecule has 0 spiro atoms. The summed E-state index contributed by atoms with van der Waals surface area (Å²) in [7, 11) is 1.71. The van der Waals surface area contributed by atoms with E-state index >= 15 is 0 Å². The van der Waals surface area contributed by atoms with E-state index in [0.717, 1.165) is 25.2 Å². The normalized spacial score (nSPS) is 12.1. The van der Waals surface area contributed by atoms with Crippen molar-refractivity contribution in [1.82, 2.24) is 10.0 Å². The van der Waals surface area contributed by atoms with Crippen molar-refractivity contribution in [3.05, 3.63) is 24.0 Å². The van der Waals surface area contributed by atoms with E-state index in [-0.39, 0.29) is 5.41 Å². The largest absolute Gasteiger partial charge is 0.397 e. The summed E-state index contributed by atoms with van der Waals surface area (Å²) >= 11 is 0. The molecule has 17 heavy (non-hydrogen) atoms. The van der Waals surface area contributed by atoms with Crippen LogP contribution in [0.5, 0.6) is 0 Å². The zero-order valence-electron chi connectivity index (χ0n) is 11.2. The van der Waals surface area contributed by atoms with Gasteiger partial charge in [0.25, 0.3) is 0 Å². The molecule has 96 valence electrons. The minimum absolute atomic E-state index is 0.227. The summed E-state index contributed by atoms with van der Waals surface area (Å²) in [4.78, 5) is 9.63. The topological polar surface area (TPSA) is 51.4 Å². The SMILES string of the molecule is CON(CCc1ccc(N)cn1)CC(C)(C)C. The highest BCUT2D eigenvalue weighted by Gasteiger charge is 2.16. The fourth-order valence-corrected chi connectivity index (χ4v) is 1.59. The van der Waals surface area contributed by atoms with Crippen molar-refractivity contribution in [1.29, 1.82) is 0 Å². The molecule has 1 aromatic heterocycles. The van der Waals surface area contributed by atoms with Crippen LogP contribution in [-0.4, -0.2) is 30.2 Å². The first kappa shape index (κ1) is 13.9. The number of aromatic nitrogens is 1. The highest BCUT2D eigenvalue weighted by Crippen LogP contribution is 2.15. The van der Waals surface area contributed by atoms with E-state index in [1.54, 1.807) is 13.3 Å². The number of anilines is 1. The standard InChI is InChI=1S/C13H23N3O/c1-13(2,3)10-16(17-4)8-7-12-6-5-11(14)9-15-12/h5-6,9H,7-8,10,14H2,1-4H3. The minimum Gasteiger partial charge on any atom is -0.397 e. The maximum Gasteiger partial charge on any atom is 0.0575 e. The van der Waals surface area contributed by atoms with Crippen LogP contribution in [0.3, 0.4) is 0 Å². The van der Waals surface area contributed by atoms with Gasteiger partial charge in [0.1, 0.15) is 0 Å². The van der Waals surface area contributed by atoms with Crippen LogP contribution in [0.2, 0.25) is 0 Å². The molecule has 0 saturated heterocycles. The molecular formula is C13H23N3O. The van der Waals surface area contributed by atoms with Gasteiger partial charge in [-0.15, -0.1) is 0 Å². The molecule has 1 aromatic rings. The molecule has 4 heteroatoms. The summed E-state index contributed by atoms with van der Waals surface area (Å²) in [5.74, 6) is 0. The second kappa shape index (κ2) is 5.98. The Morgan fingerprint density at radius 3 is 2.53 bits per heavy atom. The zero-order chi connectivity index (χ0) is 12.9. The maximum absolute atomic E-state index is 5.59. The van der Waals surface area contributed by atoms with Gasteiger partial charge in [0, 0.05) is 25.2 Å². The summed E-state index contributed by atoms with van der Waals surface area (Å²) in [5, 5.41) is 1.97. The van der Waals surface area contributed by atoms with E-state index in [0.29, 0.717) is 5.69 Å². The van der Waals surface area contributed by atoms with Crippen molar-refractivity contribution in [2.45, 2.75) is 27.2 Å². The number of pyridine rings is 1. The van der Waals surface area contributed by atoms with Gasteiger partial charge in [0.05, 0.1) is 19.0 Å². The van der Waals surface area contributed by atoms with Crippen LogP contribution in [0.4, 0.5) is 5.69 Å². The smallest absolute Gasteiger partial charge is 0.0575 e. The molecule has 0 radical (unpaired) electrons. The lowest BCUT2D eigenvalue weighted by molar-refractivity contribution is -0.146. The van der Waals surface area contributed by atoms with Crippen molar-refractivity contribution in [2.75, 3.05) is 25.9 Å². The third-order valence-electron chi connectivity index (χ3n) is 2.37. The molecule has 1 heterocycles. The number of nitrogens with two attached hydrogens (primary N) is 1. The second-order valence-corrected chi connectivity index (χ2v) is 5.44. The molecule has 2 N–H and O–H groups in total. The van der Waals surface area contributed by atoms with Crippen molar-refractivity contribution in [2.24, 2.45) is 5.41 Å². The predicted molar refractivity (Wildman–Crippen MR) is 70.4 cm³/mol. The fraction of sp³-hybridized carbons (Fsp3) is 0.615. The molecule has 0 saturated carbocycles. The lowest BCUT2D eigenvalue weighted by Gasteiger charge is -2.27. The van der Waals surface area contributed by atoms with Crippen LogP contribution in [0.15, 0.2) is 18.3 Å². The van der Waals surface area contributed by atoms with Gasteiger partial charge in [-0.3, -0.25) is 4.98 Å². The molecular weight excluding hydrogens is 214 g/mol. The molecule has 0 aliphatic carbocycles. The van der Waals surface area contributed by atoms with Gasteiger partial charge in [0.2, 0.25) is 0 Å². The summed E-state index contributed by atoms with van der Waals surface area (Å²) in [5.41, 5.74) is 7.56. The Bertz CT molecular complexity index is 330. The second-order valence-electron chi connectivity index (χ2n) is 5.44. The van der Waals surface area contributed by atoms with Gasteiger partial charge >= 0.3 is 0 Å². The quantitative estimate of drug-likeness (QED) is 0.797. The van der Waals surface area contributed by atoms with Gasteiger partial charge in [-0.1, -0.05) is 20.8 Å². The first-order chi connectivity index (χ1) is 7.90. The molecule has 0 fully saturated rings. The van der Waals surface area contributed by atoms with Crippen LogP contribution >= 0.6 is 0 Å². The highest BCUT2D eigenvalue weighted by molar-refractivity contribution is 5.34. The number of rotatable bonds is 5. The maximum atomic E-state index is 5.59. The van der Waals surface area contributed by atoms with Crippen LogP contribution in [0.25, 0.3) is 0 Å². The third-order valence-corrected chi connectivity index (χ3v) is 2.37. The van der Waals surface area contributed by atoms with Crippen molar-refractivity contribution < 1.29 is 4.84 Å². The molecule has 0 bridgehead atoms. The average molecular weight is 237 g/mol. The summed E-state index contributed by atoms with van der Waals surface area (Å²) < 4.78 is 0. The van der Waals surface area contributed by atoms with E-state index in [9.17, 15) is 0 Å². The van der Waals surface area contributed by atoms with E-state index in [1.165, 1.54) is 0 Å². The van der Waals surface area contributed by atoms with Crippen molar-refractivity contribution in [3.8, 4) is 0 Å². The van der Waals surface area contributed by atoms with Crippen LogP contribution in [0, 0.1) is 5.41 Å². The molecule has 0 amide bonds. The highest BCUT2D eigenvalue weighted by atomic mass is 16.7. The van der Waals surface area contributed by atoms with Gasteiger partial charge in [-0.05, 0) is 17.5 Å². The Labute approximate surface area is 104 Å². The van der Waals surface area contributed by atoms with Gasteiger partial charge in [0.15, 0.2) is 0 Å². The summed E-state index contributed by atoms with van der Waals surface area (Å²) in [6.45, 7) is 8.32. The lowest BCUT2D eigenvalue weighted by Crippen LogP contribution is -2.33. The number of nitrogen functional groups attached to an aromatic ring is 1. The van der Waals surface area contributed by atoms with Crippen LogP contribution in [0.1, 0.15) is 26.5 Å². The third kappa shape index (κ3) is 5.65. The zero-order valence-corrected chi connectivity index (χ0v) is 11.2. The Morgan fingerprint density at radius 1 is 1.35 bits per heavy atom. The van der Waals surface area contributed by atoms with Gasteiger partial charge < -0.3 is 10.6 Å². The first-order valence-electron chi connectivity index (χ1n) is 5.90. The molecule has 0 aromatic carbocycles. The minimum atomic E-state index is 0.227. The molecule has 4 nitrogen and oxygen atoms in total. The van der Waals surface area contributed by atoms with E-state index in [1.807, 2.05) is 17.2 Å².